The van der Waals surface area contributed by atoms with E-state index in [-0.39, 0.29) is 18.6 Å². The lowest BCUT2D eigenvalue weighted by molar-refractivity contribution is 0.226. The summed E-state index contributed by atoms with van der Waals surface area (Å²) in [7, 11) is 0. The summed E-state index contributed by atoms with van der Waals surface area (Å²) in [4.78, 5) is 8.45. The Morgan fingerprint density at radius 2 is 2.29 bits per heavy atom. The quantitative estimate of drug-likeness (QED) is 0.727. The van der Waals surface area contributed by atoms with Crippen molar-refractivity contribution in [2.75, 3.05) is 17.7 Å². The molecule has 0 aromatic carbocycles. The van der Waals surface area contributed by atoms with Gasteiger partial charge >= 0.3 is 0 Å². The Labute approximate surface area is 99.5 Å². The Morgan fingerprint density at radius 3 is 3.00 bits per heavy atom. The summed E-state index contributed by atoms with van der Waals surface area (Å²) in [5, 5.41) is 12.3. The van der Waals surface area contributed by atoms with Crippen molar-refractivity contribution in [1.82, 2.24) is 14.4 Å². The third-order valence-corrected chi connectivity index (χ3v) is 2.90. The van der Waals surface area contributed by atoms with Crippen molar-refractivity contribution < 1.29 is 5.11 Å². The molecule has 0 aliphatic heterocycles. The summed E-state index contributed by atoms with van der Waals surface area (Å²) in [6.45, 7) is 4.08. The molecule has 0 aliphatic rings. The molecule has 6 nitrogen and oxygen atoms in total. The number of nitrogens with zero attached hydrogens (tertiary/aromatic N) is 3. The number of nitrogens with two attached hydrogens (primary N) is 1. The molecule has 2 aromatic heterocycles. The highest BCUT2D eigenvalue weighted by Crippen LogP contribution is 2.17. The monoisotopic (exact) mass is 235 g/mol. The number of aliphatic hydroxyl groups is 1. The number of hydrogen-bond donors (Lipinski definition) is 3. The van der Waals surface area contributed by atoms with E-state index in [2.05, 4.69) is 15.3 Å². The minimum atomic E-state index is 0.0924. The van der Waals surface area contributed by atoms with Crippen LogP contribution in [0.15, 0.2) is 18.6 Å². The van der Waals surface area contributed by atoms with Crippen LogP contribution in [-0.2, 0) is 0 Å². The molecule has 0 amide bonds. The van der Waals surface area contributed by atoms with Crippen LogP contribution in [0.1, 0.15) is 13.8 Å². The Hall–Kier alpha value is -1.82. The lowest BCUT2D eigenvalue weighted by atomic mass is 10.1. The third kappa shape index (κ3) is 2.31. The van der Waals surface area contributed by atoms with Crippen LogP contribution in [0.2, 0.25) is 0 Å². The lowest BCUT2D eigenvalue weighted by Crippen LogP contribution is -2.27. The van der Waals surface area contributed by atoms with Gasteiger partial charge < -0.3 is 20.6 Å². The Bertz CT molecular complexity index is 510. The van der Waals surface area contributed by atoms with Gasteiger partial charge in [0.25, 0.3) is 0 Å². The second-order valence-electron chi connectivity index (χ2n) is 4.27. The standard InChI is InChI=1S/C11H17N5O/c1-7(6-17)8(2)14-10-11-13-3-4-16(11)5-9(12)15-10/h3-5,7-8,17H,6,12H2,1-2H3,(H,14,15). The molecule has 0 aliphatic carbocycles. The molecule has 0 saturated heterocycles. The van der Waals surface area contributed by atoms with Crippen LogP contribution in [0.4, 0.5) is 11.6 Å². The van der Waals surface area contributed by atoms with Gasteiger partial charge in [-0.05, 0) is 12.8 Å². The molecule has 2 atom stereocenters. The predicted octanol–water partition coefficient (Wildman–Crippen LogP) is 0.740. The zero-order chi connectivity index (χ0) is 12.4. The number of nitrogen functional groups attached to an aromatic ring is 1. The zero-order valence-electron chi connectivity index (χ0n) is 9.96. The normalized spacial score (nSPS) is 14.8. The minimum Gasteiger partial charge on any atom is -0.396 e. The Morgan fingerprint density at radius 1 is 1.53 bits per heavy atom. The Kier molecular flexibility index (Phi) is 3.14. The molecule has 2 aromatic rings. The minimum absolute atomic E-state index is 0.0924. The first kappa shape index (κ1) is 11.7. The maximum Gasteiger partial charge on any atom is 0.180 e. The number of aromatic nitrogens is 3. The number of rotatable bonds is 4. The maximum atomic E-state index is 9.11. The first-order chi connectivity index (χ1) is 8.11. The van der Waals surface area contributed by atoms with E-state index in [1.165, 1.54) is 0 Å². The van der Waals surface area contributed by atoms with E-state index < -0.39 is 0 Å². The lowest BCUT2D eigenvalue weighted by Gasteiger charge is -2.20. The molecule has 0 saturated carbocycles. The molecule has 0 spiro atoms. The van der Waals surface area contributed by atoms with Crippen molar-refractivity contribution in [2.45, 2.75) is 19.9 Å². The first-order valence-electron chi connectivity index (χ1n) is 5.58. The van der Waals surface area contributed by atoms with Gasteiger partial charge in [0.1, 0.15) is 5.82 Å². The van der Waals surface area contributed by atoms with Crippen molar-refractivity contribution in [3.05, 3.63) is 18.6 Å². The molecule has 2 rings (SSSR count). The molecule has 0 bridgehead atoms. The average Bonchev–Trinajstić information content (AvgIpc) is 2.75. The largest absolute Gasteiger partial charge is 0.396 e. The fourth-order valence-corrected chi connectivity index (χ4v) is 1.56. The van der Waals surface area contributed by atoms with E-state index in [0.29, 0.717) is 11.6 Å². The summed E-state index contributed by atoms with van der Waals surface area (Å²) in [6.07, 6.45) is 5.23. The highest BCUT2D eigenvalue weighted by molar-refractivity contribution is 5.65. The van der Waals surface area contributed by atoms with E-state index in [9.17, 15) is 0 Å². The maximum absolute atomic E-state index is 9.11. The predicted molar refractivity (Wildman–Crippen MR) is 66.7 cm³/mol. The molecule has 4 N–H and O–H groups in total. The van der Waals surface area contributed by atoms with Crippen LogP contribution in [0.3, 0.4) is 0 Å². The highest BCUT2D eigenvalue weighted by atomic mass is 16.3. The topological polar surface area (TPSA) is 88.5 Å². The summed E-state index contributed by atoms with van der Waals surface area (Å²) >= 11 is 0. The van der Waals surface area contributed by atoms with Crippen molar-refractivity contribution >= 4 is 17.3 Å². The molecule has 2 unspecified atom stereocenters. The fraction of sp³-hybridized carbons (Fsp3) is 0.455. The van der Waals surface area contributed by atoms with Crippen molar-refractivity contribution in [3.8, 4) is 0 Å². The van der Waals surface area contributed by atoms with E-state index in [4.69, 9.17) is 10.8 Å². The molecule has 0 fully saturated rings. The van der Waals surface area contributed by atoms with Gasteiger partial charge in [-0.15, -0.1) is 0 Å². The number of fused-ring (bicyclic) bond motifs is 1. The molecule has 6 heteroatoms. The van der Waals surface area contributed by atoms with Gasteiger partial charge in [0, 0.05) is 25.0 Å². The zero-order valence-corrected chi connectivity index (χ0v) is 9.96. The summed E-state index contributed by atoms with van der Waals surface area (Å²) < 4.78 is 1.82. The van der Waals surface area contributed by atoms with Gasteiger partial charge in [-0.2, -0.15) is 0 Å². The highest BCUT2D eigenvalue weighted by Gasteiger charge is 2.14. The average molecular weight is 235 g/mol. The molecular formula is C11H17N5O. The van der Waals surface area contributed by atoms with Gasteiger partial charge in [0.05, 0.1) is 6.20 Å². The smallest absolute Gasteiger partial charge is 0.180 e. The van der Waals surface area contributed by atoms with Crippen LogP contribution < -0.4 is 11.1 Å². The fourth-order valence-electron chi connectivity index (χ4n) is 1.56. The van der Waals surface area contributed by atoms with Gasteiger partial charge in [-0.1, -0.05) is 6.92 Å². The van der Waals surface area contributed by atoms with E-state index in [0.717, 1.165) is 5.65 Å². The van der Waals surface area contributed by atoms with Crippen LogP contribution in [-0.4, -0.2) is 32.1 Å². The van der Waals surface area contributed by atoms with Gasteiger partial charge in [-0.3, -0.25) is 0 Å². The van der Waals surface area contributed by atoms with E-state index >= 15 is 0 Å². The van der Waals surface area contributed by atoms with Crippen LogP contribution >= 0.6 is 0 Å². The molecule has 2 heterocycles. The van der Waals surface area contributed by atoms with Crippen LogP contribution in [0.5, 0.6) is 0 Å². The van der Waals surface area contributed by atoms with Crippen molar-refractivity contribution in [2.24, 2.45) is 5.92 Å². The molecule has 0 radical (unpaired) electrons. The molecule has 17 heavy (non-hydrogen) atoms. The van der Waals surface area contributed by atoms with Crippen LogP contribution in [0, 0.1) is 5.92 Å². The number of anilines is 2. The number of hydrogen-bond acceptors (Lipinski definition) is 5. The second kappa shape index (κ2) is 4.58. The molecule has 92 valence electrons. The summed E-state index contributed by atoms with van der Waals surface area (Å²) in [5.74, 6) is 1.21. The third-order valence-electron chi connectivity index (χ3n) is 2.90. The van der Waals surface area contributed by atoms with Gasteiger partial charge in [-0.25, -0.2) is 9.97 Å². The SMILES string of the molecule is CC(CO)C(C)Nc1nc(N)cn2ccnc12. The first-order valence-corrected chi connectivity index (χ1v) is 5.58. The second-order valence-corrected chi connectivity index (χ2v) is 4.27. The van der Waals surface area contributed by atoms with Gasteiger partial charge in [0.2, 0.25) is 0 Å². The summed E-state index contributed by atoms with van der Waals surface area (Å²) in [5.41, 5.74) is 6.45. The van der Waals surface area contributed by atoms with E-state index in [1.54, 1.807) is 12.4 Å². The van der Waals surface area contributed by atoms with Crippen LogP contribution in [0.25, 0.3) is 5.65 Å². The number of nitrogens with one attached hydrogen (secondary N) is 1. The van der Waals surface area contributed by atoms with Gasteiger partial charge in [0.15, 0.2) is 11.5 Å². The number of imidazole rings is 1. The Balaban J connectivity index is 2.31. The summed E-state index contributed by atoms with van der Waals surface area (Å²) in [6, 6.07) is 0.0924. The number of aliphatic hydroxyl groups excluding tert-OH is 1. The van der Waals surface area contributed by atoms with E-state index in [1.807, 2.05) is 24.4 Å². The van der Waals surface area contributed by atoms with Crippen molar-refractivity contribution in [1.29, 1.82) is 0 Å². The molecular weight excluding hydrogens is 218 g/mol. The van der Waals surface area contributed by atoms with Crippen molar-refractivity contribution in [3.63, 3.8) is 0 Å².